The van der Waals surface area contributed by atoms with Gasteiger partial charge in [0.1, 0.15) is 5.82 Å². The van der Waals surface area contributed by atoms with E-state index in [4.69, 9.17) is 0 Å². The highest BCUT2D eigenvalue weighted by Crippen LogP contribution is 2.11. The maximum Gasteiger partial charge on any atom is 0.256 e. The molecule has 1 aromatic heterocycles. The van der Waals surface area contributed by atoms with Gasteiger partial charge in [-0.25, -0.2) is 4.98 Å². The van der Waals surface area contributed by atoms with Crippen LogP contribution in [0, 0.1) is 6.92 Å². The van der Waals surface area contributed by atoms with Crippen molar-refractivity contribution in [2.75, 3.05) is 5.32 Å². The van der Waals surface area contributed by atoms with Crippen molar-refractivity contribution in [3.63, 3.8) is 0 Å². The quantitative estimate of drug-likeness (QED) is 0.905. The Balaban J connectivity index is 2.10. The van der Waals surface area contributed by atoms with Gasteiger partial charge in [-0.05, 0) is 43.2 Å². The second kappa shape index (κ2) is 6.14. The summed E-state index contributed by atoms with van der Waals surface area (Å²) in [4.78, 5) is 16.2. The number of pyridine rings is 1. The fraction of sp³-hybridized carbons (Fsp3) is 0.250. The fourth-order valence-corrected chi connectivity index (χ4v) is 1.88. The number of hydrogen-bond donors (Lipinski definition) is 1. The molecule has 0 aliphatic carbocycles. The molecule has 0 fully saturated rings. The Morgan fingerprint density at radius 1 is 1.21 bits per heavy atom. The number of amides is 1. The van der Waals surface area contributed by atoms with Gasteiger partial charge in [0, 0.05) is 11.8 Å². The van der Waals surface area contributed by atoms with Crippen LogP contribution in [0.3, 0.4) is 0 Å². The molecule has 1 amide bonds. The zero-order valence-corrected chi connectivity index (χ0v) is 11.3. The molecule has 1 aromatic carbocycles. The van der Waals surface area contributed by atoms with E-state index in [0.29, 0.717) is 11.4 Å². The number of benzene rings is 1. The van der Waals surface area contributed by atoms with Crippen LogP contribution in [0.1, 0.15) is 34.8 Å². The standard InChI is InChI=1S/C16H18N2O/c1-3-4-13-9-10-17-15(11-13)18-16(19)14-7-5-12(2)6-8-14/h5-11H,3-4H2,1-2H3,(H,17,18,19). The van der Waals surface area contributed by atoms with Gasteiger partial charge in [-0.2, -0.15) is 0 Å². The number of carbonyl (C=O) groups is 1. The number of aromatic nitrogens is 1. The molecule has 0 saturated heterocycles. The number of rotatable bonds is 4. The van der Waals surface area contributed by atoms with Gasteiger partial charge in [-0.3, -0.25) is 4.79 Å². The molecule has 0 aliphatic heterocycles. The molecule has 3 nitrogen and oxygen atoms in total. The van der Waals surface area contributed by atoms with Crippen LogP contribution in [0.15, 0.2) is 42.6 Å². The summed E-state index contributed by atoms with van der Waals surface area (Å²) in [6.07, 6.45) is 3.81. The molecule has 19 heavy (non-hydrogen) atoms. The molecule has 0 aliphatic rings. The van der Waals surface area contributed by atoms with E-state index in [1.165, 1.54) is 5.56 Å². The lowest BCUT2D eigenvalue weighted by Gasteiger charge is -2.06. The molecule has 1 heterocycles. The Hall–Kier alpha value is -2.16. The molecule has 2 rings (SSSR count). The number of nitrogens with zero attached hydrogens (tertiary/aromatic N) is 1. The van der Waals surface area contributed by atoms with E-state index in [-0.39, 0.29) is 5.91 Å². The van der Waals surface area contributed by atoms with Crippen LogP contribution in [0.4, 0.5) is 5.82 Å². The molecule has 0 atom stereocenters. The Kier molecular flexibility index (Phi) is 4.29. The van der Waals surface area contributed by atoms with Crippen molar-refractivity contribution in [1.82, 2.24) is 4.98 Å². The fourth-order valence-electron chi connectivity index (χ4n) is 1.88. The van der Waals surface area contributed by atoms with E-state index in [9.17, 15) is 4.79 Å². The van der Waals surface area contributed by atoms with Crippen molar-refractivity contribution >= 4 is 11.7 Å². The summed E-state index contributed by atoms with van der Waals surface area (Å²) in [6.45, 7) is 4.13. The normalized spacial score (nSPS) is 10.2. The Labute approximate surface area is 113 Å². The van der Waals surface area contributed by atoms with Crippen molar-refractivity contribution in [2.45, 2.75) is 26.7 Å². The van der Waals surface area contributed by atoms with Gasteiger partial charge >= 0.3 is 0 Å². The van der Waals surface area contributed by atoms with Crippen LogP contribution in [-0.2, 0) is 6.42 Å². The van der Waals surface area contributed by atoms with Crippen LogP contribution in [0.2, 0.25) is 0 Å². The minimum atomic E-state index is -0.124. The summed E-state index contributed by atoms with van der Waals surface area (Å²) in [5.41, 5.74) is 2.98. The largest absolute Gasteiger partial charge is 0.307 e. The molecular formula is C16H18N2O. The smallest absolute Gasteiger partial charge is 0.256 e. The van der Waals surface area contributed by atoms with Gasteiger partial charge in [-0.1, -0.05) is 31.0 Å². The van der Waals surface area contributed by atoms with E-state index in [0.717, 1.165) is 18.4 Å². The lowest BCUT2D eigenvalue weighted by Crippen LogP contribution is -2.13. The van der Waals surface area contributed by atoms with E-state index in [1.807, 2.05) is 43.3 Å². The van der Waals surface area contributed by atoms with Gasteiger partial charge in [0.25, 0.3) is 5.91 Å². The number of aryl methyl sites for hydroxylation is 2. The lowest BCUT2D eigenvalue weighted by molar-refractivity contribution is 0.102. The van der Waals surface area contributed by atoms with Crippen molar-refractivity contribution < 1.29 is 4.79 Å². The zero-order chi connectivity index (χ0) is 13.7. The number of hydrogen-bond acceptors (Lipinski definition) is 2. The van der Waals surface area contributed by atoms with Crippen LogP contribution < -0.4 is 5.32 Å². The van der Waals surface area contributed by atoms with Crippen molar-refractivity contribution in [2.24, 2.45) is 0 Å². The molecule has 3 heteroatoms. The molecule has 0 saturated carbocycles. The third-order valence-corrected chi connectivity index (χ3v) is 2.92. The molecule has 1 N–H and O–H groups in total. The molecule has 2 aromatic rings. The Morgan fingerprint density at radius 2 is 1.95 bits per heavy atom. The number of carbonyl (C=O) groups excluding carboxylic acids is 1. The summed E-state index contributed by atoms with van der Waals surface area (Å²) in [5, 5.41) is 2.83. The number of anilines is 1. The summed E-state index contributed by atoms with van der Waals surface area (Å²) < 4.78 is 0. The average molecular weight is 254 g/mol. The third kappa shape index (κ3) is 3.65. The minimum Gasteiger partial charge on any atom is -0.307 e. The van der Waals surface area contributed by atoms with Gasteiger partial charge < -0.3 is 5.32 Å². The minimum absolute atomic E-state index is 0.124. The number of nitrogens with one attached hydrogen (secondary N) is 1. The molecule has 0 spiro atoms. The second-order valence-electron chi connectivity index (χ2n) is 4.62. The molecule has 0 radical (unpaired) electrons. The average Bonchev–Trinajstić information content (AvgIpc) is 2.40. The van der Waals surface area contributed by atoms with Crippen LogP contribution >= 0.6 is 0 Å². The van der Waals surface area contributed by atoms with Crippen LogP contribution in [0.5, 0.6) is 0 Å². The topological polar surface area (TPSA) is 42.0 Å². The maximum absolute atomic E-state index is 12.0. The van der Waals surface area contributed by atoms with E-state index < -0.39 is 0 Å². The summed E-state index contributed by atoms with van der Waals surface area (Å²) in [5.74, 6) is 0.484. The lowest BCUT2D eigenvalue weighted by atomic mass is 10.1. The van der Waals surface area contributed by atoms with Crippen LogP contribution in [-0.4, -0.2) is 10.9 Å². The highest BCUT2D eigenvalue weighted by molar-refractivity contribution is 6.03. The molecular weight excluding hydrogens is 236 g/mol. The summed E-state index contributed by atoms with van der Waals surface area (Å²) in [6, 6.07) is 11.4. The molecule has 98 valence electrons. The highest BCUT2D eigenvalue weighted by Gasteiger charge is 2.06. The predicted octanol–water partition coefficient (Wildman–Crippen LogP) is 3.59. The van der Waals surface area contributed by atoms with Gasteiger partial charge in [0.05, 0.1) is 0 Å². The first-order valence-electron chi connectivity index (χ1n) is 6.52. The first-order valence-corrected chi connectivity index (χ1v) is 6.52. The highest BCUT2D eigenvalue weighted by atomic mass is 16.1. The predicted molar refractivity (Wildman–Crippen MR) is 77.4 cm³/mol. The van der Waals surface area contributed by atoms with Crippen molar-refractivity contribution in [3.8, 4) is 0 Å². The SMILES string of the molecule is CCCc1ccnc(NC(=O)c2ccc(C)cc2)c1. The summed E-state index contributed by atoms with van der Waals surface area (Å²) in [7, 11) is 0. The van der Waals surface area contributed by atoms with E-state index >= 15 is 0 Å². The third-order valence-electron chi connectivity index (χ3n) is 2.92. The van der Waals surface area contributed by atoms with Crippen molar-refractivity contribution in [1.29, 1.82) is 0 Å². The first kappa shape index (κ1) is 13.3. The monoisotopic (exact) mass is 254 g/mol. The zero-order valence-electron chi connectivity index (χ0n) is 11.3. The molecule has 0 unspecified atom stereocenters. The Morgan fingerprint density at radius 3 is 2.63 bits per heavy atom. The van der Waals surface area contributed by atoms with Gasteiger partial charge in [0.15, 0.2) is 0 Å². The molecule has 0 bridgehead atoms. The van der Waals surface area contributed by atoms with Gasteiger partial charge in [-0.15, -0.1) is 0 Å². The first-order chi connectivity index (χ1) is 9.19. The van der Waals surface area contributed by atoms with Crippen LogP contribution in [0.25, 0.3) is 0 Å². The van der Waals surface area contributed by atoms with E-state index in [2.05, 4.69) is 17.2 Å². The maximum atomic E-state index is 12.0. The summed E-state index contributed by atoms with van der Waals surface area (Å²) >= 11 is 0. The van der Waals surface area contributed by atoms with Gasteiger partial charge in [0.2, 0.25) is 0 Å². The van der Waals surface area contributed by atoms with E-state index in [1.54, 1.807) is 6.20 Å². The van der Waals surface area contributed by atoms with Crippen molar-refractivity contribution in [3.05, 3.63) is 59.3 Å². The Bertz CT molecular complexity index is 561. The second-order valence-corrected chi connectivity index (χ2v) is 4.62.